The van der Waals surface area contributed by atoms with Crippen LogP contribution in [0, 0.1) is 11.7 Å². The van der Waals surface area contributed by atoms with Gasteiger partial charge in [0.05, 0.1) is 12.7 Å². The lowest BCUT2D eigenvalue weighted by Gasteiger charge is -2.15. The number of halogens is 1. The second kappa shape index (κ2) is 5.90. The third kappa shape index (κ3) is 3.26. The van der Waals surface area contributed by atoms with Crippen LogP contribution >= 0.6 is 0 Å². The molecule has 0 bridgehead atoms. The number of amides is 1. The van der Waals surface area contributed by atoms with Crippen molar-refractivity contribution < 1.29 is 23.8 Å². The van der Waals surface area contributed by atoms with E-state index < -0.39 is 23.7 Å². The molecular formula is C14H16FNO4. The molecule has 2 rings (SSSR count). The molecular weight excluding hydrogens is 265 g/mol. The van der Waals surface area contributed by atoms with Crippen molar-refractivity contribution in [3.05, 3.63) is 29.6 Å². The molecule has 6 heteroatoms. The highest BCUT2D eigenvalue weighted by Crippen LogP contribution is 2.33. The summed E-state index contributed by atoms with van der Waals surface area (Å²) in [7, 11) is 1.30. The Kier molecular flexibility index (Phi) is 4.22. The fourth-order valence-electron chi connectivity index (χ4n) is 1.99. The van der Waals surface area contributed by atoms with E-state index in [0.29, 0.717) is 12.3 Å². The average molecular weight is 281 g/mol. The summed E-state index contributed by atoms with van der Waals surface area (Å²) in [5, 5.41) is 11.4. The van der Waals surface area contributed by atoms with Crippen LogP contribution in [0.2, 0.25) is 0 Å². The topological polar surface area (TPSA) is 75.6 Å². The summed E-state index contributed by atoms with van der Waals surface area (Å²) in [4.78, 5) is 23.1. The molecule has 1 aliphatic carbocycles. The minimum Gasteiger partial charge on any atom is -0.494 e. The average Bonchev–Trinajstić information content (AvgIpc) is 3.22. The van der Waals surface area contributed by atoms with Crippen molar-refractivity contribution in [2.45, 2.75) is 25.3 Å². The van der Waals surface area contributed by atoms with Crippen molar-refractivity contribution in [2.24, 2.45) is 5.92 Å². The van der Waals surface area contributed by atoms with Crippen molar-refractivity contribution in [1.29, 1.82) is 0 Å². The maximum absolute atomic E-state index is 13.9. The van der Waals surface area contributed by atoms with Gasteiger partial charge in [-0.2, -0.15) is 0 Å². The second-order valence-electron chi connectivity index (χ2n) is 4.87. The Morgan fingerprint density at radius 1 is 1.50 bits per heavy atom. The fraction of sp³-hybridized carbons (Fsp3) is 0.429. The number of carboxylic acids is 1. The predicted molar refractivity (Wildman–Crippen MR) is 69.2 cm³/mol. The Hall–Kier alpha value is -2.11. The van der Waals surface area contributed by atoms with Gasteiger partial charge >= 0.3 is 5.97 Å². The van der Waals surface area contributed by atoms with E-state index in [1.807, 2.05) is 0 Å². The Morgan fingerprint density at radius 2 is 2.20 bits per heavy atom. The summed E-state index contributed by atoms with van der Waals surface area (Å²) in [5.74, 6) is -2.34. The van der Waals surface area contributed by atoms with E-state index in [9.17, 15) is 14.0 Å². The van der Waals surface area contributed by atoms with Gasteiger partial charge in [-0.25, -0.2) is 9.18 Å². The van der Waals surface area contributed by atoms with Crippen molar-refractivity contribution in [1.82, 2.24) is 5.32 Å². The molecule has 20 heavy (non-hydrogen) atoms. The van der Waals surface area contributed by atoms with Crippen LogP contribution < -0.4 is 10.1 Å². The highest BCUT2D eigenvalue weighted by molar-refractivity contribution is 5.97. The van der Waals surface area contributed by atoms with E-state index in [-0.39, 0.29) is 11.3 Å². The lowest BCUT2D eigenvalue weighted by atomic mass is 10.1. The first-order valence-electron chi connectivity index (χ1n) is 6.39. The molecule has 0 spiro atoms. The zero-order valence-corrected chi connectivity index (χ0v) is 11.1. The normalized spacial score (nSPS) is 15.5. The van der Waals surface area contributed by atoms with Gasteiger partial charge in [-0.05, 0) is 24.5 Å². The third-order valence-corrected chi connectivity index (χ3v) is 3.30. The molecule has 2 N–H and O–H groups in total. The molecule has 5 nitrogen and oxygen atoms in total. The smallest absolute Gasteiger partial charge is 0.326 e. The minimum atomic E-state index is -1.10. The van der Waals surface area contributed by atoms with Gasteiger partial charge in [0.2, 0.25) is 0 Å². The lowest BCUT2D eigenvalue weighted by molar-refractivity contribution is -0.139. The minimum absolute atomic E-state index is 0.0493. The number of carbonyl (C=O) groups is 2. The summed E-state index contributed by atoms with van der Waals surface area (Å²) in [6.07, 6.45) is 2.34. The second-order valence-corrected chi connectivity index (χ2v) is 4.87. The first-order valence-corrected chi connectivity index (χ1v) is 6.39. The molecule has 1 aromatic carbocycles. The van der Waals surface area contributed by atoms with Crippen LogP contribution in [0.4, 0.5) is 4.39 Å². The third-order valence-electron chi connectivity index (χ3n) is 3.30. The first-order chi connectivity index (χ1) is 9.52. The van der Waals surface area contributed by atoms with Crippen molar-refractivity contribution in [3.63, 3.8) is 0 Å². The van der Waals surface area contributed by atoms with Crippen LogP contribution in [0.15, 0.2) is 18.2 Å². The van der Waals surface area contributed by atoms with Gasteiger partial charge < -0.3 is 15.2 Å². The molecule has 1 fully saturated rings. The molecule has 1 unspecified atom stereocenters. The number of aliphatic carboxylic acids is 1. The number of rotatable bonds is 6. The van der Waals surface area contributed by atoms with E-state index in [4.69, 9.17) is 9.84 Å². The number of hydrogen-bond acceptors (Lipinski definition) is 3. The summed E-state index contributed by atoms with van der Waals surface area (Å²) < 4.78 is 18.7. The van der Waals surface area contributed by atoms with Crippen molar-refractivity contribution in [3.8, 4) is 5.75 Å². The molecule has 0 heterocycles. The zero-order chi connectivity index (χ0) is 14.7. The van der Waals surface area contributed by atoms with Gasteiger partial charge in [-0.1, -0.05) is 18.9 Å². The molecule has 1 aromatic rings. The molecule has 1 aliphatic rings. The van der Waals surface area contributed by atoms with Crippen LogP contribution in [0.5, 0.6) is 5.75 Å². The largest absolute Gasteiger partial charge is 0.494 e. The van der Waals surface area contributed by atoms with Crippen LogP contribution in [-0.4, -0.2) is 30.1 Å². The molecule has 0 aromatic heterocycles. The van der Waals surface area contributed by atoms with Crippen molar-refractivity contribution >= 4 is 11.9 Å². The number of carboxylic acid groups (broad SMARTS) is 1. The maximum atomic E-state index is 13.9. The number of hydrogen-bond donors (Lipinski definition) is 2. The Bertz CT molecular complexity index is 528. The number of ether oxygens (including phenoxy) is 1. The SMILES string of the molecule is COc1cccc(C(=O)NC(CC2CC2)C(=O)O)c1F. The van der Waals surface area contributed by atoms with E-state index in [2.05, 4.69) is 5.32 Å². The van der Waals surface area contributed by atoms with Gasteiger partial charge in [0.15, 0.2) is 11.6 Å². The number of nitrogens with one attached hydrogen (secondary N) is 1. The van der Waals surface area contributed by atoms with Gasteiger partial charge in [0.25, 0.3) is 5.91 Å². The fourth-order valence-corrected chi connectivity index (χ4v) is 1.99. The van der Waals surface area contributed by atoms with Crippen molar-refractivity contribution in [2.75, 3.05) is 7.11 Å². The van der Waals surface area contributed by atoms with Crippen LogP contribution in [0.1, 0.15) is 29.6 Å². The van der Waals surface area contributed by atoms with Gasteiger partial charge in [0.1, 0.15) is 6.04 Å². The number of benzene rings is 1. The first kappa shape index (κ1) is 14.3. The maximum Gasteiger partial charge on any atom is 0.326 e. The van der Waals surface area contributed by atoms with Gasteiger partial charge in [0, 0.05) is 0 Å². The highest BCUT2D eigenvalue weighted by Gasteiger charge is 2.31. The summed E-state index contributed by atoms with van der Waals surface area (Å²) in [6, 6.07) is 3.18. The number of carbonyl (C=O) groups excluding carboxylic acids is 1. The molecule has 0 saturated heterocycles. The Morgan fingerprint density at radius 3 is 2.75 bits per heavy atom. The zero-order valence-electron chi connectivity index (χ0n) is 11.1. The highest BCUT2D eigenvalue weighted by atomic mass is 19.1. The number of methoxy groups -OCH3 is 1. The van der Waals surface area contributed by atoms with Crippen LogP contribution in [0.25, 0.3) is 0 Å². The molecule has 108 valence electrons. The Balaban J connectivity index is 2.11. The Labute approximate surface area is 115 Å². The standard InChI is InChI=1S/C14H16FNO4/c1-20-11-4-2-3-9(12(11)15)13(17)16-10(14(18)19)7-8-5-6-8/h2-4,8,10H,5-7H2,1H3,(H,16,17)(H,18,19). The summed E-state index contributed by atoms with van der Waals surface area (Å²) in [5.41, 5.74) is -0.216. The van der Waals surface area contributed by atoms with E-state index >= 15 is 0 Å². The summed E-state index contributed by atoms with van der Waals surface area (Å²) in [6.45, 7) is 0. The predicted octanol–water partition coefficient (Wildman–Crippen LogP) is 1.82. The van der Waals surface area contributed by atoms with E-state index in [1.165, 1.54) is 25.3 Å². The van der Waals surface area contributed by atoms with E-state index in [0.717, 1.165) is 12.8 Å². The molecule has 1 atom stereocenters. The summed E-state index contributed by atoms with van der Waals surface area (Å²) >= 11 is 0. The monoisotopic (exact) mass is 281 g/mol. The molecule has 0 radical (unpaired) electrons. The van der Waals surface area contributed by atoms with E-state index in [1.54, 1.807) is 0 Å². The van der Waals surface area contributed by atoms with Crippen LogP contribution in [0.3, 0.4) is 0 Å². The van der Waals surface area contributed by atoms with Gasteiger partial charge in [-0.3, -0.25) is 4.79 Å². The molecule has 0 aliphatic heterocycles. The lowest BCUT2D eigenvalue weighted by Crippen LogP contribution is -2.41. The quantitative estimate of drug-likeness (QED) is 0.834. The van der Waals surface area contributed by atoms with Gasteiger partial charge in [-0.15, -0.1) is 0 Å². The molecule has 1 saturated carbocycles. The molecule has 1 amide bonds. The van der Waals surface area contributed by atoms with Crippen LogP contribution in [-0.2, 0) is 4.79 Å².